The minimum Gasteiger partial charge on any atom is -0.490 e. The fraction of sp³-hybridized carbons (Fsp3) is 0.688. The lowest BCUT2D eigenvalue weighted by atomic mass is 9.89. The van der Waals surface area contributed by atoms with Gasteiger partial charge in [-0.2, -0.15) is 0 Å². The van der Waals surface area contributed by atoms with Crippen LogP contribution < -0.4 is 10.1 Å². The summed E-state index contributed by atoms with van der Waals surface area (Å²) in [4.78, 5) is 4.38. The molecule has 0 saturated heterocycles. The van der Waals surface area contributed by atoms with Crippen molar-refractivity contribution in [1.29, 1.82) is 0 Å². The third kappa shape index (κ3) is 4.20. The number of aryl methyl sites for hydroxylation is 1. The summed E-state index contributed by atoms with van der Waals surface area (Å²) in [6, 6.07) is 2.07. The smallest absolute Gasteiger partial charge is 0.127 e. The van der Waals surface area contributed by atoms with Gasteiger partial charge in [0.2, 0.25) is 0 Å². The van der Waals surface area contributed by atoms with Gasteiger partial charge in [-0.1, -0.05) is 13.8 Å². The highest BCUT2D eigenvalue weighted by atomic mass is 16.5. The molecule has 1 aliphatic carbocycles. The molecule has 19 heavy (non-hydrogen) atoms. The molecule has 1 N–H and O–H groups in total. The van der Waals surface area contributed by atoms with E-state index in [1.807, 2.05) is 13.1 Å². The lowest BCUT2D eigenvalue weighted by molar-refractivity contribution is 0.134. The highest BCUT2D eigenvalue weighted by Gasteiger charge is 2.20. The van der Waals surface area contributed by atoms with E-state index < -0.39 is 0 Å². The summed E-state index contributed by atoms with van der Waals surface area (Å²) in [5.41, 5.74) is 2.20. The zero-order valence-corrected chi connectivity index (χ0v) is 12.4. The van der Waals surface area contributed by atoms with Gasteiger partial charge in [0.1, 0.15) is 5.75 Å². The minimum absolute atomic E-state index is 0.387. The Labute approximate surface area is 116 Å². The van der Waals surface area contributed by atoms with E-state index in [1.54, 1.807) is 0 Å². The van der Waals surface area contributed by atoms with Crippen LogP contribution in [0.25, 0.3) is 0 Å². The lowest BCUT2D eigenvalue weighted by Gasteiger charge is -2.27. The van der Waals surface area contributed by atoms with Crippen LogP contribution in [0.5, 0.6) is 5.75 Å². The fourth-order valence-electron chi connectivity index (χ4n) is 2.59. The second kappa shape index (κ2) is 6.90. The van der Waals surface area contributed by atoms with Crippen molar-refractivity contribution in [1.82, 2.24) is 10.3 Å². The number of nitrogens with one attached hydrogen (secondary N) is 1. The molecule has 0 spiro atoms. The van der Waals surface area contributed by atoms with Crippen LogP contribution in [-0.2, 0) is 6.54 Å². The monoisotopic (exact) mass is 262 g/mol. The highest BCUT2D eigenvalue weighted by molar-refractivity contribution is 5.33. The molecule has 1 saturated carbocycles. The third-order valence-electron chi connectivity index (χ3n) is 3.90. The molecule has 0 radical (unpaired) electrons. The van der Waals surface area contributed by atoms with Crippen molar-refractivity contribution in [2.75, 3.05) is 6.54 Å². The second-order valence-corrected chi connectivity index (χ2v) is 5.71. The zero-order valence-electron chi connectivity index (χ0n) is 12.4. The minimum atomic E-state index is 0.387. The van der Waals surface area contributed by atoms with Crippen LogP contribution >= 0.6 is 0 Å². The van der Waals surface area contributed by atoms with E-state index in [9.17, 15) is 0 Å². The number of rotatable bonds is 5. The Bertz CT molecular complexity index is 398. The van der Waals surface area contributed by atoms with E-state index in [1.165, 1.54) is 31.2 Å². The van der Waals surface area contributed by atoms with Gasteiger partial charge in [-0.05, 0) is 45.1 Å². The van der Waals surface area contributed by atoms with Gasteiger partial charge >= 0.3 is 0 Å². The number of hydrogen-bond donors (Lipinski definition) is 1. The van der Waals surface area contributed by atoms with Gasteiger partial charge in [-0.25, -0.2) is 0 Å². The van der Waals surface area contributed by atoms with E-state index in [0.29, 0.717) is 6.10 Å². The van der Waals surface area contributed by atoms with Crippen LogP contribution in [-0.4, -0.2) is 17.6 Å². The summed E-state index contributed by atoms with van der Waals surface area (Å²) in [6.45, 7) is 8.28. The predicted octanol–water partition coefficient (Wildman–Crippen LogP) is 3.46. The van der Waals surface area contributed by atoms with E-state index in [2.05, 4.69) is 30.2 Å². The summed E-state index contributed by atoms with van der Waals surface area (Å²) in [7, 11) is 0. The number of aromatic nitrogens is 1. The van der Waals surface area contributed by atoms with E-state index in [-0.39, 0.29) is 0 Å². The first-order valence-electron chi connectivity index (χ1n) is 7.52. The summed E-state index contributed by atoms with van der Waals surface area (Å²) >= 11 is 0. The average Bonchev–Trinajstić information content (AvgIpc) is 2.40. The number of pyridine rings is 1. The number of ether oxygens (including phenoxy) is 1. The molecule has 1 aliphatic rings. The van der Waals surface area contributed by atoms with E-state index in [4.69, 9.17) is 4.74 Å². The molecule has 1 aromatic heterocycles. The van der Waals surface area contributed by atoms with Gasteiger partial charge in [0.15, 0.2) is 0 Å². The standard InChI is InChI=1S/C16H26N2O/c1-4-17-10-14-11-18-13(3)9-16(14)19-15-7-5-12(2)6-8-15/h9,11-12,15,17H,4-8,10H2,1-3H3. The first kappa shape index (κ1) is 14.3. The maximum absolute atomic E-state index is 6.23. The topological polar surface area (TPSA) is 34.2 Å². The van der Waals surface area contributed by atoms with Crippen molar-refractivity contribution >= 4 is 0 Å². The Morgan fingerprint density at radius 3 is 2.74 bits per heavy atom. The van der Waals surface area contributed by atoms with E-state index in [0.717, 1.165) is 30.5 Å². The molecule has 2 rings (SSSR count). The van der Waals surface area contributed by atoms with Crippen molar-refractivity contribution in [3.63, 3.8) is 0 Å². The van der Waals surface area contributed by atoms with E-state index >= 15 is 0 Å². The first-order chi connectivity index (χ1) is 9.19. The highest BCUT2D eigenvalue weighted by Crippen LogP contribution is 2.28. The number of nitrogens with zero attached hydrogens (tertiary/aromatic N) is 1. The van der Waals surface area contributed by atoms with Crippen molar-refractivity contribution in [3.05, 3.63) is 23.5 Å². The molecular formula is C16H26N2O. The molecule has 3 nitrogen and oxygen atoms in total. The Hall–Kier alpha value is -1.09. The van der Waals surface area contributed by atoms with Gasteiger partial charge in [0.05, 0.1) is 6.10 Å². The molecule has 1 aromatic rings. The van der Waals surface area contributed by atoms with Gasteiger partial charge < -0.3 is 10.1 Å². The quantitative estimate of drug-likeness (QED) is 0.882. The molecule has 1 fully saturated rings. The lowest BCUT2D eigenvalue weighted by Crippen LogP contribution is -2.24. The summed E-state index contributed by atoms with van der Waals surface area (Å²) < 4.78 is 6.23. The number of hydrogen-bond acceptors (Lipinski definition) is 3. The van der Waals surface area contributed by atoms with Crippen LogP contribution in [0, 0.1) is 12.8 Å². The molecule has 3 heteroatoms. The Balaban J connectivity index is 2.02. The maximum Gasteiger partial charge on any atom is 0.127 e. The second-order valence-electron chi connectivity index (χ2n) is 5.71. The zero-order chi connectivity index (χ0) is 13.7. The molecule has 106 valence electrons. The van der Waals surface area contributed by atoms with Crippen molar-refractivity contribution in [2.45, 2.75) is 59.1 Å². The van der Waals surface area contributed by atoms with Crippen LogP contribution in [0.2, 0.25) is 0 Å². The SMILES string of the molecule is CCNCc1cnc(C)cc1OC1CCC(C)CC1. The summed E-state index contributed by atoms with van der Waals surface area (Å²) in [5.74, 6) is 1.88. The fourth-order valence-corrected chi connectivity index (χ4v) is 2.59. The molecule has 0 aromatic carbocycles. The van der Waals surface area contributed by atoms with Crippen LogP contribution in [0.15, 0.2) is 12.3 Å². The Morgan fingerprint density at radius 2 is 2.05 bits per heavy atom. The van der Waals surface area contributed by atoms with Gasteiger partial charge in [-0.3, -0.25) is 4.98 Å². The molecule has 0 amide bonds. The molecule has 0 bridgehead atoms. The maximum atomic E-state index is 6.23. The van der Waals surface area contributed by atoms with Crippen LogP contribution in [0.4, 0.5) is 0 Å². The molecule has 0 aliphatic heterocycles. The Kier molecular flexibility index (Phi) is 5.20. The van der Waals surface area contributed by atoms with Crippen LogP contribution in [0.1, 0.15) is 50.8 Å². The summed E-state index contributed by atoms with van der Waals surface area (Å²) in [6.07, 6.45) is 7.28. The van der Waals surface area contributed by atoms with Crippen LogP contribution in [0.3, 0.4) is 0 Å². The van der Waals surface area contributed by atoms with Gasteiger partial charge in [0, 0.05) is 30.1 Å². The molecular weight excluding hydrogens is 236 g/mol. The largest absolute Gasteiger partial charge is 0.490 e. The Morgan fingerprint density at radius 1 is 1.32 bits per heavy atom. The predicted molar refractivity (Wildman–Crippen MR) is 78.4 cm³/mol. The molecule has 1 heterocycles. The van der Waals surface area contributed by atoms with Crippen molar-refractivity contribution in [2.24, 2.45) is 5.92 Å². The van der Waals surface area contributed by atoms with Crippen molar-refractivity contribution < 1.29 is 4.74 Å². The van der Waals surface area contributed by atoms with Crippen molar-refractivity contribution in [3.8, 4) is 5.75 Å². The van der Waals surface area contributed by atoms with Gasteiger partial charge in [0.25, 0.3) is 0 Å². The van der Waals surface area contributed by atoms with Gasteiger partial charge in [-0.15, -0.1) is 0 Å². The first-order valence-corrected chi connectivity index (χ1v) is 7.52. The molecule has 0 atom stereocenters. The molecule has 0 unspecified atom stereocenters. The third-order valence-corrected chi connectivity index (χ3v) is 3.90. The normalized spacial score (nSPS) is 23.3. The summed E-state index contributed by atoms with van der Waals surface area (Å²) in [5, 5.41) is 3.35. The average molecular weight is 262 g/mol.